The van der Waals surface area contributed by atoms with E-state index in [9.17, 15) is 14.3 Å². The van der Waals surface area contributed by atoms with Crippen molar-refractivity contribution in [2.75, 3.05) is 33.0 Å². The van der Waals surface area contributed by atoms with Gasteiger partial charge in [0.05, 0.1) is 19.8 Å². The normalized spacial score (nSPS) is 14.2. The van der Waals surface area contributed by atoms with Crippen LogP contribution in [0.5, 0.6) is 0 Å². The van der Waals surface area contributed by atoms with E-state index < -0.39 is 13.9 Å². The van der Waals surface area contributed by atoms with Gasteiger partial charge in [-0.1, -0.05) is 146 Å². The Kier molecular flexibility index (Phi) is 35.6. The summed E-state index contributed by atoms with van der Waals surface area (Å²) >= 11 is 0. The summed E-state index contributed by atoms with van der Waals surface area (Å²) in [5, 5.41) is 0. The SMILES string of the molecule is CC/C=C\C/C=C\C/C=C\C/C=C\CCCCCCCOCC(COP(=O)(O)OCCN)OC(=O)CCCCCCCCCCCCC. The maximum atomic E-state index is 12.5. The summed E-state index contributed by atoms with van der Waals surface area (Å²) < 4.78 is 33.3. The van der Waals surface area contributed by atoms with Gasteiger partial charge in [-0.15, -0.1) is 0 Å². The molecule has 0 fully saturated rings. The number of nitrogens with two attached hydrogens (primary N) is 1. The first-order valence-corrected chi connectivity index (χ1v) is 20.6. The first-order valence-electron chi connectivity index (χ1n) is 19.1. The van der Waals surface area contributed by atoms with Gasteiger partial charge in [-0.3, -0.25) is 13.8 Å². The molecule has 0 aromatic carbocycles. The second kappa shape index (κ2) is 36.7. The first kappa shape index (κ1) is 46.5. The molecule has 0 rings (SSSR count). The van der Waals surface area contributed by atoms with Crippen molar-refractivity contribution in [2.24, 2.45) is 5.73 Å². The number of hydrogen-bond acceptors (Lipinski definition) is 7. The number of rotatable bonds is 36. The Labute approximate surface area is 294 Å². The molecule has 280 valence electrons. The number of phosphoric acid groups is 1. The van der Waals surface area contributed by atoms with Gasteiger partial charge in [-0.05, 0) is 51.4 Å². The van der Waals surface area contributed by atoms with Crippen LogP contribution in [0.3, 0.4) is 0 Å². The number of unbranched alkanes of at least 4 members (excludes halogenated alkanes) is 15. The number of hydrogen-bond donors (Lipinski definition) is 2. The topological polar surface area (TPSA) is 117 Å². The maximum Gasteiger partial charge on any atom is 0.472 e. The third-order valence-electron chi connectivity index (χ3n) is 7.76. The van der Waals surface area contributed by atoms with Gasteiger partial charge in [0.25, 0.3) is 0 Å². The highest BCUT2D eigenvalue weighted by atomic mass is 31.2. The smallest absolute Gasteiger partial charge is 0.457 e. The van der Waals surface area contributed by atoms with Gasteiger partial charge >= 0.3 is 13.8 Å². The average molecular weight is 698 g/mol. The monoisotopic (exact) mass is 698 g/mol. The molecule has 0 spiro atoms. The Balaban J connectivity index is 4.11. The molecule has 0 saturated carbocycles. The minimum atomic E-state index is -4.27. The molecule has 2 unspecified atom stereocenters. The van der Waals surface area contributed by atoms with Crippen molar-refractivity contribution in [3.8, 4) is 0 Å². The molecule has 0 radical (unpaired) electrons. The molecule has 0 aliphatic carbocycles. The third-order valence-corrected chi connectivity index (χ3v) is 8.74. The lowest BCUT2D eigenvalue weighted by Crippen LogP contribution is -2.28. The molecule has 0 aliphatic rings. The Hall–Kier alpha value is -1.54. The molecule has 0 bridgehead atoms. The fourth-order valence-corrected chi connectivity index (χ4v) is 5.75. The van der Waals surface area contributed by atoms with Gasteiger partial charge in [0.2, 0.25) is 0 Å². The van der Waals surface area contributed by atoms with Crippen LogP contribution in [0, 0.1) is 0 Å². The third kappa shape index (κ3) is 35.8. The van der Waals surface area contributed by atoms with Gasteiger partial charge in [-0.2, -0.15) is 0 Å². The summed E-state index contributed by atoms with van der Waals surface area (Å²) in [7, 11) is -4.27. The molecule has 0 saturated heterocycles. The van der Waals surface area contributed by atoms with E-state index in [0.29, 0.717) is 13.0 Å². The van der Waals surface area contributed by atoms with Crippen molar-refractivity contribution >= 4 is 13.8 Å². The van der Waals surface area contributed by atoms with Crippen LogP contribution in [-0.4, -0.2) is 49.9 Å². The summed E-state index contributed by atoms with van der Waals surface area (Å²) in [6, 6.07) is 0. The Morgan fingerprint density at radius 2 is 1.17 bits per heavy atom. The Morgan fingerprint density at radius 1 is 0.646 bits per heavy atom. The summed E-state index contributed by atoms with van der Waals surface area (Å²) in [6.45, 7) is 4.74. The lowest BCUT2D eigenvalue weighted by atomic mass is 10.1. The summed E-state index contributed by atoms with van der Waals surface area (Å²) in [4.78, 5) is 22.3. The first-order chi connectivity index (χ1) is 23.4. The molecule has 0 heterocycles. The highest BCUT2D eigenvalue weighted by Crippen LogP contribution is 2.43. The fourth-order valence-electron chi connectivity index (χ4n) is 4.99. The molecule has 0 aromatic heterocycles. The second-order valence-corrected chi connectivity index (χ2v) is 13.9. The zero-order valence-corrected chi connectivity index (χ0v) is 31.6. The quantitative estimate of drug-likeness (QED) is 0.0287. The van der Waals surface area contributed by atoms with E-state index in [1.165, 1.54) is 64.2 Å². The number of ether oxygens (including phenoxy) is 2. The lowest BCUT2D eigenvalue weighted by Gasteiger charge is -2.20. The van der Waals surface area contributed by atoms with E-state index in [4.69, 9.17) is 24.3 Å². The standard InChI is InChI=1S/C39H72NO7P/c1-3-5-7-9-11-13-15-16-17-18-19-20-21-23-25-27-29-31-34-44-36-38(37-46-48(42,43)45-35-33-40)47-39(41)32-30-28-26-24-22-14-12-10-8-6-4-2/h5,7,11,13,16-17,19-20,38H,3-4,6,8-10,12,14-15,18,21-37,40H2,1-2H3,(H,42,43)/b7-5-,13-11-,17-16-,20-19-. The van der Waals surface area contributed by atoms with E-state index in [2.05, 4.69) is 62.5 Å². The molecule has 48 heavy (non-hydrogen) atoms. The molecule has 0 aromatic rings. The Bertz CT molecular complexity index is 874. The van der Waals surface area contributed by atoms with Crippen LogP contribution in [0.15, 0.2) is 48.6 Å². The highest BCUT2D eigenvalue weighted by molar-refractivity contribution is 7.47. The van der Waals surface area contributed by atoms with Crippen molar-refractivity contribution in [1.82, 2.24) is 0 Å². The van der Waals surface area contributed by atoms with Crippen LogP contribution in [0.25, 0.3) is 0 Å². The predicted molar refractivity (Wildman–Crippen MR) is 201 cm³/mol. The van der Waals surface area contributed by atoms with E-state index in [1.54, 1.807) is 0 Å². The van der Waals surface area contributed by atoms with Gasteiger partial charge in [-0.25, -0.2) is 4.57 Å². The minimum absolute atomic E-state index is 0.0961. The number of carbonyl (C=O) groups is 1. The average Bonchev–Trinajstić information content (AvgIpc) is 3.07. The Morgan fingerprint density at radius 3 is 1.75 bits per heavy atom. The molecule has 2 atom stereocenters. The van der Waals surface area contributed by atoms with E-state index in [1.807, 2.05) is 0 Å². The minimum Gasteiger partial charge on any atom is -0.457 e. The number of phosphoric ester groups is 1. The molecular formula is C39H72NO7P. The van der Waals surface area contributed by atoms with Gasteiger partial charge in [0.1, 0.15) is 6.10 Å². The molecular weight excluding hydrogens is 625 g/mol. The zero-order valence-electron chi connectivity index (χ0n) is 30.7. The molecule has 0 amide bonds. The second-order valence-electron chi connectivity index (χ2n) is 12.4. The van der Waals surface area contributed by atoms with Crippen LogP contribution in [0.1, 0.15) is 155 Å². The zero-order chi connectivity index (χ0) is 35.2. The molecule has 8 nitrogen and oxygen atoms in total. The summed E-state index contributed by atoms with van der Waals surface area (Å²) in [5.41, 5.74) is 5.35. The lowest BCUT2D eigenvalue weighted by molar-refractivity contribution is -0.154. The molecule has 3 N–H and O–H groups in total. The van der Waals surface area contributed by atoms with Crippen LogP contribution in [0.2, 0.25) is 0 Å². The predicted octanol–water partition coefficient (Wildman–Crippen LogP) is 10.9. The van der Waals surface area contributed by atoms with Crippen LogP contribution >= 0.6 is 7.82 Å². The largest absolute Gasteiger partial charge is 0.472 e. The number of allylic oxidation sites excluding steroid dienone is 8. The van der Waals surface area contributed by atoms with Crippen LogP contribution in [0.4, 0.5) is 0 Å². The highest BCUT2D eigenvalue weighted by Gasteiger charge is 2.25. The van der Waals surface area contributed by atoms with Crippen LogP contribution in [-0.2, 0) is 27.9 Å². The van der Waals surface area contributed by atoms with Crippen molar-refractivity contribution in [1.29, 1.82) is 0 Å². The van der Waals surface area contributed by atoms with E-state index >= 15 is 0 Å². The molecule has 0 aliphatic heterocycles. The van der Waals surface area contributed by atoms with Crippen LogP contribution < -0.4 is 5.73 Å². The van der Waals surface area contributed by atoms with Gasteiger partial charge in [0, 0.05) is 19.6 Å². The van der Waals surface area contributed by atoms with Crippen molar-refractivity contribution < 1.29 is 32.8 Å². The fraction of sp³-hybridized carbons (Fsp3) is 0.769. The number of esters is 1. The van der Waals surface area contributed by atoms with Crippen molar-refractivity contribution in [2.45, 2.75) is 161 Å². The van der Waals surface area contributed by atoms with Crippen molar-refractivity contribution in [3.63, 3.8) is 0 Å². The van der Waals surface area contributed by atoms with Gasteiger partial charge in [0.15, 0.2) is 0 Å². The maximum absolute atomic E-state index is 12.5. The number of carbonyl (C=O) groups excluding carboxylic acids is 1. The molecule has 9 heteroatoms. The van der Waals surface area contributed by atoms with Gasteiger partial charge < -0.3 is 20.1 Å². The summed E-state index contributed by atoms with van der Waals surface area (Å²) in [6.07, 6.45) is 41.2. The summed E-state index contributed by atoms with van der Waals surface area (Å²) in [5.74, 6) is -0.341. The van der Waals surface area contributed by atoms with E-state index in [-0.39, 0.29) is 32.3 Å². The van der Waals surface area contributed by atoms with Crippen molar-refractivity contribution in [3.05, 3.63) is 48.6 Å². The van der Waals surface area contributed by atoms with E-state index in [0.717, 1.165) is 70.6 Å².